The van der Waals surface area contributed by atoms with Crippen molar-refractivity contribution in [3.8, 4) is 0 Å². The summed E-state index contributed by atoms with van der Waals surface area (Å²) in [6, 6.07) is 19.1. The van der Waals surface area contributed by atoms with E-state index < -0.39 is 0 Å². The van der Waals surface area contributed by atoms with Crippen LogP contribution >= 0.6 is 0 Å². The van der Waals surface area contributed by atoms with E-state index in [1.807, 2.05) is 18.0 Å². The van der Waals surface area contributed by atoms with Crippen molar-refractivity contribution in [3.05, 3.63) is 76.9 Å². The van der Waals surface area contributed by atoms with E-state index in [1.54, 1.807) is 0 Å². The molecule has 0 unspecified atom stereocenters. The Hall–Kier alpha value is -2.85. The molecule has 1 aliphatic heterocycles. The molecule has 1 heterocycles. The second-order valence-electron chi connectivity index (χ2n) is 8.04. The van der Waals surface area contributed by atoms with Crippen LogP contribution in [-0.2, 0) is 24.1 Å². The van der Waals surface area contributed by atoms with E-state index in [-0.39, 0.29) is 5.91 Å². The molecule has 1 saturated heterocycles. The Morgan fingerprint density at radius 1 is 0.966 bits per heavy atom. The smallest absolute Gasteiger partial charge is 0.254 e. The molecule has 0 atom stereocenters. The zero-order valence-corrected chi connectivity index (χ0v) is 16.9. The Balaban J connectivity index is 1.34. The molecule has 0 spiro atoms. The number of carbonyl (C=O) groups is 1. The molecule has 0 bridgehead atoms. The second kappa shape index (κ2) is 7.53. The zero-order valence-electron chi connectivity index (χ0n) is 16.9. The molecule has 1 amide bonds. The van der Waals surface area contributed by atoms with Crippen LogP contribution in [0.15, 0.2) is 54.6 Å². The van der Waals surface area contributed by atoms with Gasteiger partial charge in [0.1, 0.15) is 0 Å². The van der Waals surface area contributed by atoms with Crippen LogP contribution in [0.1, 0.15) is 27.0 Å². The first kappa shape index (κ1) is 18.2. The van der Waals surface area contributed by atoms with Gasteiger partial charge >= 0.3 is 0 Å². The average molecular weight is 386 g/mol. The first-order chi connectivity index (χ1) is 14.2. The van der Waals surface area contributed by atoms with E-state index in [2.05, 4.69) is 53.4 Å². The van der Waals surface area contributed by atoms with Crippen LogP contribution in [-0.4, -0.2) is 44.2 Å². The van der Waals surface area contributed by atoms with Gasteiger partial charge in [0.05, 0.1) is 13.2 Å². The van der Waals surface area contributed by atoms with Crippen LogP contribution in [0.2, 0.25) is 0 Å². The Morgan fingerprint density at radius 2 is 1.69 bits per heavy atom. The Morgan fingerprint density at radius 3 is 2.45 bits per heavy atom. The molecular weight excluding hydrogens is 360 g/mol. The normalized spacial score (nSPS) is 15.7. The number of rotatable bonds is 4. The van der Waals surface area contributed by atoms with Gasteiger partial charge in [-0.3, -0.25) is 4.79 Å². The molecule has 5 rings (SSSR count). The highest BCUT2D eigenvalue weighted by molar-refractivity contribution is 6.09. The molecule has 148 valence electrons. The Bertz CT molecular complexity index is 1040. The summed E-state index contributed by atoms with van der Waals surface area (Å²) in [4.78, 5) is 17.4. The van der Waals surface area contributed by atoms with Crippen LogP contribution in [0.5, 0.6) is 0 Å². The molecule has 1 aliphatic carbocycles. The van der Waals surface area contributed by atoms with E-state index >= 15 is 0 Å². The van der Waals surface area contributed by atoms with Crippen molar-refractivity contribution in [2.45, 2.75) is 19.4 Å². The summed E-state index contributed by atoms with van der Waals surface area (Å²) < 4.78 is 5.43. The molecule has 2 aliphatic rings. The molecular formula is C25H26N2O2. The summed E-state index contributed by atoms with van der Waals surface area (Å²) in [5.74, 6) is 0.0813. The van der Waals surface area contributed by atoms with Gasteiger partial charge in [-0.05, 0) is 58.5 Å². The molecule has 3 aromatic rings. The third-order valence-corrected chi connectivity index (χ3v) is 6.19. The second-order valence-corrected chi connectivity index (χ2v) is 8.04. The molecule has 0 aromatic heterocycles. The standard InChI is InChI=1S/C25H26N2O2/c1-26(17-18-5-10-21(11-6-18)27-13-15-29-16-14-27)25(28)23-12-9-20-8-7-19-3-2-4-22(23)24(19)20/h2-6,9-12H,7-8,13-17H2,1H3. The Kier molecular flexibility index (Phi) is 4.72. The molecule has 3 aromatic carbocycles. The van der Waals surface area contributed by atoms with Crippen molar-refractivity contribution >= 4 is 22.4 Å². The summed E-state index contributed by atoms with van der Waals surface area (Å²) in [6.45, 7) is 4.04. The highest BCUT2D eigenvalue weighted by Crippen LogP contribution is 2.33. The van der Waals surface area contributed by atoms with Crippen LogP contribution in [0.25, 0.3) is 10.8 Å². The van der Waals surface area contributed by atoms with Gasteiger partial charge in [-0.15, -0.1) is 0 Å². The fraction of sp³-hybridized carbons (Fsp3) is 0.320. The predicted molar refractivity (Wildman–Crippen MR) is 117 cm³/mol. The average Bonchev–Trinajstić information content (AvgIpc) is 3.20. The van der Waals surface area contributed by atoms with Crippen LogP contribution in [0.3, 0.4) is 0 Å². The third-order valence-electron chi connectivity index (χ3n) is 6.19. The number of hydrogen-bond donors (Lipinski definition) is 0. The summed E-state index contributed by atoms with van der Waals surface area (Å²) in [6.07, 6.45) is 2.16. The lowest BCUT2D eigenvalue weighted by molar-refractivity contribution is 0.0787. The monoisotopic (exact) mass is 386 g/mol. The molecule has 29 heavy (non-hydrogen) atoms. The van der Waals surface area contributed by atoms with E-state index in [0.29, 0.717) is 6.54 Å². The number of benzene rings is 3. The zero-order chi connectivity index (χ0) is 19.8. The third kappa shape index (κ3) is 3.38. The maximum absolute atomic E-state index is 13.2. The summed E-state index contributed by atoms with van der Waals surface area (Å²) in [5.41, 5.74) is 5.91. The molecule has 0 saturated carbocycles. The maximum atomic E-state index is 13.2. The lowest BCUT2D eigenvalue weighted by Gasteiger charge is -2.29. The van der Waals surface area contributed by atoms with Gasteiger partial charge in [0.25, 0.3) is 5.91 Å². The van der Waals surface area contributed by atoms with Crippen LogP contribution < -0.4 is 4.90 Å². The first-order valence-corrected chi connectivity index (χ1v) is 10.4. The van der Waals surface area contributed by atoms with Gasteiger partial charge in [0.2, 0.25) is 0 Å². The minimum Gasteiger partial charge on any atom is -0.378 e. The quantitative estimate of drug-likeness (QED) is 0.678. The fourth-order valence-corrected chi connectivity index (χ4v) is 4.62. The van der Waals surface area contributed by atoms with Gasteiger partial charge in [0.15, 0.2) is 0 Å². The number of carbonyl (C=O) groups excluding carboxylic acids is 1. The lowest BCUT2D eigenvalue weighted by atomic mass is 9.99. The van der Waals surface area contributed by atoms with E-state index in [9.17, 15) is 4.79 Å². The molecule has 4 nitrogen and oxygen atoms in total. The Labute approximate surface area is 171 Å². The highest BCUT2D eigenvalue weighted by atomic mass is 16.5. The van der Waals surface area contributed by atoms with E-state index in [0.717, 1.165) is 55.7 Å². The van der Waals surface area contributed by atoms with E-state index in [1.165, 1.54) is 22.2 Å². The fourth-order valence-electron chi connectivity index (χ4n) is 4.62. The molecule has 1 fully saturated rings. The van der Waals surface area contributed by atoms with Crippen LogP contribution in [0, 0.1) is 0 Å². The van der Waals surface area contributed by atoms with Gasteiger partial charge in [0, 0.05) is 37.9 Å². The molecule has 0 radical (unpaired) electrons. The number of nitrogens with zero attached hydrogens (tertiary/aromatic N) is 2. The van der Waals surface area contributed by atoms with Crippen molar-refractivity contribution in [1.82, 2.24) is 4.90 Å². The number of anilines is 1. The number of ether oxygens (including phenoxy) is 1. The number of morpholine rings is 1. The summed E-state index contributed by atoms with van der Waals surface area (Å²) >= 11 is 0. The summed E-state index contributed by atoms with van der Waals surface area (Å²) in [7, 11) is 1.89. The van der Waals surface area contributed by atoms with Gasteiger partial charge in [-0.25, -0.2) is 0 Å². The lowest BCUT2D eigenvalue weighted by Crippen LogP contribution is -2.36. The summed E-state index contributed by atoms with van der Waals surface area (Å²) in [5, 5.41) is 2.39. The topological polar surface area (TPSA) is 32.8 Å². The highest BCUT2D eigenvalue weighted by Gasteiger charge is 2.21. The SMILES string of the molecule is CN(Cc1ccc(N2CCOCC2)cc1)C(=O)c1ccc2c3c(cccc13)CC2. The minimum atomic E-state index is 0.0813. The van der Waals surface area contributed by atoms with Crippen molar-refractivity contribution < 1.29 is 9.53 Å². The number of hydrogen-bond acceptors (Lipinski definition) is 3. The molecule has 4 heteroatoms. The van der Waals surface area contributed by atoms with Crippen LogP contribution in [0.4, 0.5) is 5.69 Å². The van der Waals surface area contributed by atoms with Gasteiger partial charge < -0.3 is 14.5 Å². The van der Waals surface area contributed by atoms with Crippen molar-refractivity contribution in [1.29, 1.82) is 0 Å². The largest absolute Gasteiger partial charge is 0.378 e. The van der Waals surface area contributed by atoms with Gasteiger partial charge in [-0.1, -0.05) is 36.4 Å². The first-order valence-electron chi connectivity index (χ1n) is 10.4. The molecule has 0 N–H and O–H groups in total. The van der Waals surface area contributed by atoms with Crippen molar-refractivity contribution in [2.24, 2.45) is 0 Å². The number of aryl methyl sites for hydroxylation is 2. The van der Waals surface area contributed by atoms with Crippen molar-refractivity contribution in [2.75, 3.05) is 38.3 Å². The maximum Gasteiger partial charge on any atom is 0.254 e. The van der Waals surface area contributed by atoms with Gasteiger partial charge in [-0.2, -0.15) is 0 Å². The predicted octanol–water partition coefficient (Wildman–Crippen LogP) is 4.05. The van der Waals surface area contributed by atoms with Crippen molar-refractivity contribution in [3.63, 3.8) is 0 Å². The van der Waals surface area contributed by atoms with E-state index in [4.69, 9.17) is 4.74 Å². The number of amides is 1. The minimum absolute atomic E-state index is 0.0813.